The van der Waals surface area contributed by atoms with Crippen molar-refractivity contribution in [1.29, 1.82) is 0 Å². The first-order valence-electron chi connectivity index (χ1n) is 11.6. The van der Waals surface area contributed by atoms with E-state index in [1.54, 1.807) is 0 Å². The highest BCUT2D eigenvalue weighted by Crippen LogP contribution is 2.28. The molecule has 3 heterocycles. The third-order valence-electron chi connectivity index (χ3n) is 6.58. The van der Waals surface area contributed by atoms with Crippen LogP contribution in [-0.2, 0) is 9.47 Å². The van der Waals surface area contributed by atoms with Crippen LogP contribution in [0.2, 0.25) is 0 Å². The Kier molecular flexibility index (Phi) is 7.05. The van der Waals surface area contributed by atoms with E-state index in [0.717, 1.165) is 81.8 Å². The Bertz CT molecular complexity index is 849. The second-order valence-electron chi connectivity index (χ2n) is 8.80. The van der Waals surface area contributed by atoms with Gasteiger partial charge < -0.3 is 19.2 Å². The van der Waals surface area contributed by atoms with Gasteiger partial charge in [0, 0.05) is 49.4 Å². The van der Waals surface area contributed by atoms with Crippen molar-refractivity contribution >= 4 is 11.6 Å². The zero-order chi connectivity index (χ0) is 20.9. The lowest BCUT2D eigenvalue weighted by molar-refractivity contribution is 0.0209. The molecular weight excluding hydrogens is 378 g/mol. The molecule has 0 spiro atoms. The van der Waals surface area contributed by atoms with Crippen molar-refractivity contribution in [1.82, 2.24) is 14.7 Å². The first kappa shape index (κ1) is 21.3. The van der Waals surface area contributed by atoms with Crippen LogP contribution in [0.3, 0.4) is 0 Å². The van der Waals surface area contributed by atoms with Crippen LogP contribution in [0.15, 0.2) is 18.3 Å². The molecule has 6 heteroatoms. The average Bonchev–Trinajstić information content (AvgIpc) is 3.21. The highest BCUT2D eigenvalue weighted by atomic mass is 16.5. The minimum Gasteiger partial charge on any atom is -0.381 e. The van der Waals surface area contributed by atoms with Gasteiger partial charge in [0.15, 0.2) is 0 Å². The maximum Gasteiger partial charge on any atom is 0.255 e. The molecule has 0 atom stereocenters. The number of aryl methyl sites for hydroxylation is 1. The zero-order valence-corrected chi connectivity index (χ0v) is 18.4. The normalized spacial score (nSPS) is 23.0. The quantitative estimate of drug-likeness (QED) is 0.684. The van der Waals surface area contributed by atoms with Crippen molar-refractivity contribution in [3.63, 3.8) is 0 Å². The molecule has 1 saturated carbocycles. The number of fused-ring (bicyclic) bond motifs is 1. The minimum atomic E-state index is -0.0103. The van der Waals surface area contributed by atoms with Crippen LogP contribution in [0, 0.1) is 6.92 Å². The van der Waals surface area contributed by atoms with Gasteiger partial charge in [-0.05, 0) is 64.0 Å². The summed E-state index contributed by atoms with van der Waals surface area (Å²) in [4.78, 5) is 18.0. The molecule has 0 aromatic carbocycles. The lowest BCUT2D eigenvalue weighted by atomic mass is 9.92. The lowest BCUT2D eigenvalue weighted by Crippen LogP contribution is -2.39. The summed E-state index contributed by atoms with van der Waals surface area (Å²) in [5, 5.41) is 3.25. The topological polar surface area (TPSA) is 64.9 Å². The predicted molar refractivity (Wildman–Crippen MR) is 117 cm³/mol. The Morgan fingerprint density at radius 1 is 1.23 bits per heavy atom. The Morgan fingerprint density at radius 2 is 2.00 bits per heavy atom. The molecule has 0 unspecified atom stereocenters. The predicted octanol–water partition coefficient (Wildman–Crippen LogP) is 4.39. The number of unbranched alkanes of at least 4 members (excludes halogenated alkanes) is 1. The van der Waals surface area contributed by atoms with Gasteiger partial charge in [0.1, 0.15) is 5.65 Å². The number of aromatic nitrogens is 2. The van der Waals surface area contributed by atoms with E-state index in [0.29, 0.717) is 17.6 Å². The highest BCUT2D eigenvalue weighted by molar-refractivity contribution is 6.00. The van der Waals surface area contributed by atoms with Crippen molar-refractivity contribution in [2.24, 2.45) is 0 Å². The summed E-state index contributed by atoms with van der Waals surface area (Å²) in [5.74, 6) is 0.403. The molecule has 30 heavy (non-hydrogen) atoms. The SMILES string of the molecule is CCCCO[C@H]1CC[C@H](NC(=O)c2ccn3c(C)cc(C4CCOCC4)nc23)CC1. The smallest absolute Gasteiger partial charge is 0.255 e. The Morgan fingerprint density at radius 3 is 2.73 bits per heavy atom. The van der Waals surface area contributed by atoms with Crippen molar-refractivity contribution in [2.45, 2.75) is 83.3 Å². The fraction of sp³-hybridized carbons (Fsp3) is 0.667. The summed E-state index contributed by atoms with van der Waals surface area (Å²) >= 11 is 0. The molecule has 1 aliphatic heterocycles. The second kappa shape index (κ2) is 9.92. The number of hydrogen-bond donors (Lipinski definition) is 1. The van der Waals surface area contributed by atoms with Crippen LogP contribution in [-0.4, -0.2) is 47.3 Å². The van der Waals surface area contributed by atoms with Crippen molar-refractivity contribution in [3.8, 4) is 0 Å². The molecule has 2 aromatic rings. The number of ether oxygens (including phenoxy) is 2. The molecule has 6 nitrogen and oxygen atoms in total. The average molecular weight is 414 g/mol. The number of rotatable bonds is 7. The van der Waals surface area contributed by atoms with Gasteiger partial charge in [0.25, 0.3) is 5.91 Å². The standard InChI is InChI=1S/C24H35N3O3/c1-3-4-13-30-20-7-5-19(6-8-20)25-24(28)21-9-12-27-17(2)16-22(26-23(21)27)18-10-14-29-15-11-18/h9,12,16,18-20H,3-8,10-11,13-15H2,1-2H3,(H,25,28)/t19-,20-. The van der Waals surface area contributed by atoms with E-state index < -0.39 is 0 Å². The lowest BCUT2D eigenvalue weighted by Gasteiger charge is -2.29. The molecule has 1 N–H and O–H groups in total. The number of carbonyl (C=O) groups excluding carboxylic acids is 1. The van der Waals surface area contributed by atoms with Crippen molar-refractivity contribution < 1.29 is 14.3 Å². The van der Waals surface area contributed by atoms with Crippen LogP contribution in [0.5, 0.6) is 0 Å². The number of nitrogens with one attached hydrogen (secondary N) is 1. The molecule has 1 amide bonds. The molecule has 164 valence electrons. The molecule has 2 fully saturated rings. The van der Waals surface area contributed by atoms with E-state index in [2.05, 4.69) is 25.2 Å². The number of amides is 1. The summed E-state index contributed by atoms with van der Waals surface area (Å²) < 4.78 is 13.5. The van der Waals surface area contributed by atoms with Gasteiger partial charge in [-0.2, -0.15) is 0 Å². The van der Waals surface area contributed by atoms with Crippen LogP contribution < -0.4 is 5.32 Å². The summed E-state index contributed by atoms with van der Waals surface area (Å²) in [6.07, 6.45) is 10.6. The summed E-state index contributed by atoms with van der Waals surface area (Å²) in [5.41, 5.74) is 3.64. The van der Waals surface area contributed by atoms with Gasteiger partial charge in [-0.15, -0.1) is 0 Å². The van der Waals surface area contributed by atoms with E-state index in [-0.39, 0.29) is 11.9 Å². The van der Waals surface area contributed by atoms with Gasteiger partial charge in [-0.3, -0.25) is 4.79 Å². The molecular formula is C24H35N3O3. The van der Waals surface area contributed by atoms with E-state index >= 15 is 0 Å². The molecule has 4 rings (SSSR count). The number of nitrogens with zero attached hydrogens (tertiary/aromatic N) is 2. The Hall–Kier alpha value is -1.92. The summed E-state index contributed by atoms with van der Waals surface area (Å²) in [6, 6.07) is 4.28. The van der Waals surface area contributed by atoms with E-state index in [1.807, 2.05) is 16.7 Å². The van der Waals surface area contributed by atoms with Crippen LogP contribution in [0.1, 0.15) is 86.0 Å². The summed E-state index contributed by atoms with van der Waals surface area (Å²) in [7, 11) is 0. The van der Waals surface area contributed by atoms with E-state index in [4.69, 9.17) is 14.5 Å². The minimum absolute atomic E-state index is 0.0103. The van der Waals surface area contributed by atoms with Crippen molar-refractivity contribution in [2.75, 3.05) is 19.8 Å². The Labute approximate surface area is 179 Å². The third-order valence-corrected chi connectivity index (χ3v) is 6.58. The Balaban J connectivity index is 1.41. The highest BCUT2D eigenvalue weighted by Gasteiger charge is 2.25. The molecule has 0 radical (unpaired) electrons. The zero-order valence-electron chi connectivity index (χ0n) is 18.4. The van der Waals surface area contributed by atoms with Crippen LogP contribution in [0.25, 0.3) is 5.65 Å². The summed E-state index contributed by atoms with van der Waals surface area (Å²) in [6.45, 7) is 6.70. The van der Waals surface area contributed by atoms with E-state index in [1.165, 1.54) is 6.42 Å². The van der Waals surface area contributed by atoms with Gasteiger partial charge in [0.2, 0.25) is 0 Å². The molecule has 2 aliphatic rings. The first-order chi connectivity index (χ1) is 14.7. The molecule has 1 aliphatic carbocycles. The maximum absolute atomic E-state index is 13.1. The van der Waals surface area contributed by atoms with Gasteiger partial charge in [0.05, 0.1) is 11.7 Å². The monoisotopic (exact) mass is 413 g/mol. The maximum atomic E-state index is 13.1. The fourth-order valence-corrected chi connectivity index (χ4v) is 4.67. The van der Waals surface area contributed by atoms with Gasteiger partial charge in [-0.25, -0.2) is 4.98 Å². The fourth-order valence-electron chi connectivity index (χ4n) is 4.67. The van der Waals surface area contributed by atoms with Crippen LogP contribution >= 0.6 is 0 Å². The van der Waals surface area contributed by atoms with Gasteiger partial charge >= 0.3 is 0 Å². The third kappa shape index (κ3) is 4.86. The molecule has 2 aromatic heterocycles. The molecule has 1 saturated heterocycles. The second-order valence-corrected chi connectivity index (χ2v) is 8.80. The molecule has 0 bridgehead atoms. The number of hydrogen-bond acceptors (Lipinski definition) is 4. The van der Waals surface area contributed by atoms with E-state index in [9.17, 15) is 4.79 Å². The number of carbonyl (C=O) groups is 1. The largest absolute Gasteiger partial charge is 0.381 e. The van der Waals surface area contributed by atoms with Crippen molar-refractivity contribution in [3.05, 3.63) is 35.3 Å². The van der Waals surface area contributed by atoms with Gasteiger partial charge in [-0.1, -0.05) is 13.3 Å². The van der Waals surface area contributed by atoms with Crippen LogP contribution in [0.4, 0.5) is 0 Å². The first-order valence-corrected chi connectivity index (χ1v) is 11.6.